The van der Waals surface area contributed by atoms with Crippen LogP contribution >= 0.6 is 0 Å². The Kier molecular flexibility index (Phi) is 6.62. The van der Waals surface area contributed by atoms with Gasteiger partial charge in [-0.3, -0.25) is 9.39 Å². The Labute approximate surface area is 159 Å². The van der Waals surface area contributed by atoms with Gasteiger partial charge < -0.3 is 15.4 Å². The van der Waals surface area contributed by atoms with Crippen LogP contribution in [-0.4, -0.2) is 47.8 Å². The maximum absolute atomic E-state index is 5.18. The number of rotatable bonds is 8. The second-order valence-corrected chi connectivity index (χ2v) is 6.17. The van der Waals surface area contributed by atoms with E-state index in [4.69, 9.17) is 4.74 Å². The van der Waals surface area contributed by atoms with E-state index in [-0.39, 0.29) is 0 Å². The largest absolute Gasteiger partial charge is 0.497 e. The molecule has 2 heterocycles. The van der Waals surface area contributed by atoms with Crippen LogP contribution in [0.4, 0.5) is 0 Å². The molecule has 1 aromatic carbocycles. The number of benzene rings is 1. The summed E-state index contributed by atoms with van der Waals surface area (Å²) in [4.78, 5) is 4.27. The number of hydrogen-bond acceptors (Lipinski definition) is 4. The zero-order valence-electron chi connectivity index (χ0n) is 15.9. The molecular weight excluding hydrogens is 340 g/mol. The first-order chi connectivity index (χ1) is 13.3. The summed E-state index contributed by atoms with van der Waals surface area (Å²) in [7, 11) is 3.46. The average molecular weight is 366 g/mol. The number of aliphatic imine (C=N–C) groups is 1. The van der Waals surface area contributed by atoms with Gasteiger partial charge in [-0.05, 0) is 42.7 Å². The van der Waals surface area contributed by atoms with E-state index in [1.807, 2.05) is 40.9 Å². The smallest absolute Gasteiger partial charge is 0.190 e. The predicted octanol–water partition coefficient (Wildman–Crippen LogP) is 2.08. The number of methoxy groups -OCH3 is 1. The van der Waals surface area contributed by atoms with Gasteiger partial charge in [0.1, 0.15) is 11.6 Å². The van der Waals surface area contributed by atoms with Crippen molar-refractivity contribution in [2.75, 3.05) is 27.2 Å². The van der Waals surface area contributed by atoms with Gasteiger partial charge in [-0.1, -0.05) is 18.2 Å². The quantitative estimate of drug-likeness (QED) is 0.363. The Morgan fingerprint density at radius 1 is 1.04 bits per heavy atom. The van der Waals surface area contributed by atoms with Crippen LogP contribution in [0.2, 0.25) is 0 Å². The Morgan fingerprint density at radius 2 is 1.85 bits per heavy atom. The van der Waals surface area contributed by atoms with Crippen LogP contribution in [0.25, 0.3) is 5.65 Å². The fraction of sp³-hybridized carbons (Fsp3) is 0.350. The summed E-state index contributed by atoms with van der Waals surface area (Å²) in [5, 5.41) is 15.1. The van der Waals surface area contributed by atoms with Crippen LogP contribution < -0.4 is 15.4 Å². The van der Waals surface area contributed by atoms with E-state index >= 15 is 0 Å². The highest BCUT2D eigenvalue weighted by atomic mass is 16.5. The fourth-order valence-corrected chi connectivity index (χ4v) is 2.85. The van der Waals surface area contributed by atoms with E-state index in [0.29, 0.717) is 0 Å². The molecule has 3 aromatic rings. The summed E-state index contributed by atoms with van der Waals surface area (Å²) >= 11 is 0. The van der Waals surface area contributed by atoms with Gasteiger partial charge in [-0.15, -0.1) is 10.2 Å². The van der Waals surface area contributed by atoms with Crippen molar-refractivity contribution in [2.45, 2.75) is 19.3 Å². The summed E-state index contributed by atoms with van der Waals surface area (Å²) in [6, 6.07) is 14.1. The highest BCUT2D eigenvalue weighted by Crippen LogP contribution is 2.11. The molecule has 0 aliphatic rings. The summed E-state index contributed by atoms with van der Waals surface area (Å²) in [5.74, 6) is 2.68. The van der Waals surface area contributed by atoms with Crippen LogP contribution in [0.15, 0.2) is 53.7 Å². The lowest BCUT2D eigenvalue weighted by Crippen LogP contribution is -2.38. The first-order valence-electron chi connectivity index (χ1n) is 9.16. The third-order valence-electron chi connectivity index (χ3n) is 4.34. The van der Waals surface area contributed by atoms with E-state index in [1.165, 1.54) is 5.56 Å². The number of fused-ring (bicyclic) bond motifs is 1. The topological polar surface area (TPSA) is 75.8 Å². The minimum Gasteiger partial charge on any atom is -0.497 e. The Morgan fingerprint density at radius 3 is 2.63 bits per heavy atom. The van der Waals surface area contributed by atoms with Gasteiger partial charge in [0.25, 0.3) is 0 Å². The molecule has 0 aliphatic carbocycles. The first-order valence-corrected chi connectivity index (χ1v) is 9.16. The van der Waals surface area contributed by atoms with Crippen molar-refractivity contribution < 1.29 is 4.74 Å². The number of nitrogens with zero attached hydrogens (tertiary/aromatic N) is 4. The molecule has 0 fully saturated rings. The second kappa shape index (κ2) is 9.56. The monoisotopic (exact) mass is 366 g/mol. The van der Waals surface area contributed by atoms with E-state index in [0.717, 1.165) is 55.5 Å². The highest BCUT2D eigenvalue weighted by Gasteiger charge is 2.04. The molecule has 142 valence electrons. The molecule has 27 heavy (non-hydrogen) atoms. The first kappa shape index (κ1) is 18.7. The Bertz CT molecular complexity index is 872. The molecular formula is C20H26N6O. The Hall–Kier alpha value is -3.09. The number of aryl methyl sites for hydroxylation is 1. The SMILES string of the molecule is CN=C(NCCCc1nnc2ccccn12)NCCc1ccc(OC)cc1. The highest BCUT2D eigenvalue weighted by molar-refractivity contribution is 5.79. The van der Waals surface area contributed by atoms with Gasteiger partial charge in [-0.2, -0.15) is 0 Å². The van der Waals surface area contributed by atoms with Crippen molar-refractivity contribution in [1.29, 1.82) is 0 Å². The van der Waals surface area contributed by atoms with Gasteiger partial charge in [0.15, 0.2) is 11.6 Å². The van der Waals surface area contributed by atoms with E-state index in [2.05, 4.69) is 38.0 Å². The predicted molar refractivity (Wildman–Crippen MR) is 107 cm³/mol. The summed E-state index contributed by atoms with van der Waals surface area (Å²) in [6.45, 7) is 1.64. The normalized spacial score (nSPS) is 11.6. The molecule has 2 N–H and O–H groups in total. The maximum Gasteiger partial charge on any atom is 0.190 e. The average Bonchev–Trinajstić information content (AvgIpc) is 3.13. The molecule has 0 radical (unpaired) electrons. The fourth-order valence-electron chi connectivity index (χ4n) is 2.85. The van der Waals surface area contributed by atoms with Crippen LogP contribution in [0.1, 0.15) is 17.8 Å². The number of nitrogens with one attached hydrogen (secondary N) is 2. The molecule has 2 aromatic heterocycles. The number of hydrogen-bond donors (Lipinski definition) is 2. The molecule has 0 aliphatic heterocycles. The van der Waals surface area contributed by atoms with Crippen molar-refractivity contribution in [3.63, 3.8) is 0 Å². The third kappa shape index (κ3) is 5.20. The number of ether oxygens (including phenoxy) is 1. The van der Waals surface area contributed by atoms with Crippen molar-refractivity contribution in [3.8, 4) is 5.75 Å². The minimum absolute atomic E-state index is 0.814. The van der Waals surface area contributed by atoms with Crippen LogP contribution in [-0.2, 0) is 12.8 Å². The molecule has 0 amide bonds. The summed E-state index contributed by atoms with van der Waals surface area (Å²) in [6.07, 6.45) is 4.74. The lowest BCUT2D eigenvalue weighted by molar-refractivity contribution is 0.414. The van der Waals surface area contributed by atoms with E-state index in [9.17, 15) is 0 Å². The van der Waals surface area contributed by atoms with Crippen LogP contribution in [0, 0.1) is 0 Å². The zero-order chi connectivity index (χ0) is 18.9. The number of guanidine groups is 1. The number of pyridine rings is 1. The molecule has 7 heteroatoms. The molecule has 0 saturated carbocycles. The van der Waals surface area contributed by atoms with Gasteiger partial charge >= 0.3 is 0 Å². The lowest BCUT2D eigenvalue weighted by Gasteiger charge is -2.12. The van der Waals surface area contributed by atoms with E-state index in [1.54, 1.807) is 14.2 Å². The van der Waals surface area contributed by atoms with Crippen molar-refractivity contribution in [3.05, 3.63) is 60.0 Å². The second-order valence-electron chi connectivity index (χ2n) is 6.17. The lowest BCUT2D eigenvalue weighted by atomic mass is 10.1. The molecule has 0 spiro atoms. The van der Waals surface area contributed by atoms with Crippen LogP contribution in [0.3, 0.4) is 0 Å². The third-order valence-corrected chi connectivity index (χ3v) is 4.34. The zero-order valence-corrected chi connectivity index (χ0v) is 15.9. The van der Waals surface area contributed by atoms with E-state index < -0.39 is 0 Å². The van der Waals surface area contributed by atoms with Gasteiger partial charge in [-0.25, -0.2) is 0 Å². The standard InChI is InChI=1S/C20H26N6O/c1-21-20(23-14-12-16-8-10-17(27-2)11-9-16)22-13-5-7-19-25-24-18-6-3-4-15-26(18)19/h3-4,6,8-11,15H,5,7,12-14H2,1-2H3,(H2,21,22,23). The van der Waals surface area contributed by atoms with Gasteiger partial charge in [0.05, 0.1) is 7.11 Å². The van der Waals surface area contributed by atoms with Gasteiger partial charge in [0, 0.05) is 32.8 Å². The molecule has 0 atom stereocenters. The van der Waals surface area contributed by atoms with Gasteiger partial charge in [0.2, 0.25) is 0 Å². The minimum atomic E-state index is 0.814. The maximum atomic E-state index is 5.18. The van der Waals surface area contributed by atoms with Crippen molar-refractivity contribution >= 4 is 11.6 Å². The Balaban J connectivity index is 1.37. The molecule has 0 unspecified atom stereocenters. The van der Waals surface area contributed by atoms with Crippen LogP contribution in [0.5, 0.6) is 5.75 Å². The molecule has 0 saturated heterocycles. The molecule has 3 rings (SSSR count). The summed E-state index contributed by atoms with van der Waals surface area (Å²) < 4.78 is 7.21. The van der Waals surface area contributed by atoms with Crippen molar-refractivity contribution in [2.24, 2.45) is 4.99 Å². The summed E-state index contributed by atoms with van der Waals surface area (Å²) in [5.41, 5.74) is 2.15. The number of aromatic nitrogens is 3. The van der Waals surface area contributed by atoms with Crippen molar-refractivity contribution in [1.82, 2.24) is 25.2 Å². The molecule has 0 bridgehead atoms. The molecule has 7 nitrogen and oxygen atoms in total.